The van der Waals surface area contributed by atoms with Crippen molar-refractivity contribution in [3.8, 4) is 0 Å². The minimum absolute atomic E-state index is 0.823. The van der Waals surface area contributed by atoms with Gasteiger partial charge in [-0.05, 0) is 36.7 Å². The molecule has 3 rings (SSSR count). The Balaban J connectivity index is 1.55. The summed E-state index contributed by atoms with van der Waals surface area (Å²) in [5.74, 6) is 0. The predicted octanol–water partition coefficient (Wildman–Crippen LogP) is 2.90. The third-order valence-electron chi connectivity index (χ3n) is 3.28. The van der Waals surface area contributed by atoms with Gasteiger partial charge in [-0.3, -0.25) is 4.98 Å². The second-order valence-electron chi connectivity index (χ2n) is 4.61. The molecular weight excluding hydrogens is 234 g/mol. The van der Waals surface area contributed by atoms with Crippen molar-refractivity contribution in [1.82, 2.24) is 15.3 Å². The summed E-state index contributed by atoms with van der Waals surface area (Å²) in [5.41, 5.74) is 3.66. The average molecular weight is 251 g/mol. The van der Waals surface area contributed by atoms with Gasteiger partial charge in [0, 0.05) is 29.8 Å². The Kier molecular flexibility index (Phi) is 3.56. The second kappa shape index (κ2) is 5.67. The number of aromatic nitrogens is 2. The molecule has 0 bridgehead atoms. The van der Waals surface area contributed by atoms with E-state index in [-0.39, 0.29) is 0 Å². The van der Waals surface area contributed by atoms with Gasteiger partial charge >= 0.3 is 0 Å². The number of fused-ring (bicyclic) bond motifs is 1. The minimum Gasteiger partial charge on any atom is -0.361 e. The topological polar surface area (TPSA) is 40.7 Å². The molecule has 2 aromatic heterocycles. The molecule has 0 aliphatic rings. The minimum atomic E-state index is 0.823. The van der Waals surface area contributed by atoms with Crippen LogP contribution >= 0.6 is 0 Å². The molecule has 19 heavy (non-hydrogen) atoms. The zero-order valence-corrected chi connectivity index (χ0v) is 10.8. The number of rotatable bonds is 5. The molecule has 1 aromatic carbocycles. The van der Waals surface area contributed by atoms with Crippen LogP contribution in [0.4, 0.5) is 0 Å². The SMILES string of the molecule is c1ccc(CNCCc2c[nH]c3ccccc23)nc1. The Labute approximate surface area is 112 Å². The van der Waals surface area contributed by atoms with Crippen LogP contribution in [0.15, 0.2) is 54.9 Å². The van der Waals surface area contributed by atoms with Crippen molar-refractivity contribution in [3.05, 3.63) is 66.1 Å². The number of hydrogen-bond acceptors (Lipinski definition) is 2. The summed E-state index contributed by atoms with van der Waals surface area (Å²) in [4.78, 5) is 7.60. The number of nitrogens with zero attached hydrogens (tertiary/aromatic N) is 1. The van der Waals surface area contributed by atoms with Gasteiger partial charge in [0.2, 0.25) is 0 Å². The first-order valence-electron chi connectivity index (χ1n) is 6.59. The molecule has 2 N–H and O–H groups in total. The standard InChI is InChI=1S/C16H17N3/c1-2-7-16-15(6-1)13(11-19-16)8-10-17-12-14-5-3-4-9-18-14/h1-7,9,11,17,19H,8,10,12H2. The van der Waals surface area contributed by atoms with Gasteiger partial charge < -0.3 is 10.3 Å². The number of H-pyrrole nitrogens is 1. The molecule has 0 fully saturated rings. The Morgan fingerprint density at radius 1 is 1.05 bits per heavy atom. The molecule has 0 amide bonds. The van der Waals surface area contributed by atoms with Crippen molar-refractivity contribution in [2.75, 3.05) is 6.54 Å². The van der Waals surface area contributed by atoms with Crippen LogP contribution in [-0.2, 0) is 13.0 Å². The smallest absolute Gasteiger partial charge is 0.0541 e. The van der Waals surface area contributed by atoms with Gasteiger partial charge in [0.05, 0.1) is 5.69 Å². The highest BCUT2D eigenvalue weighted by Gasteiger charge is 2.02. The largest absolute Gasteiger partial charge is 0.361 e. The highest BCUT2D eigenvalue weighted by molar-refractivity contribution is 5.83. The van der Waals surface area contributed by atoms with Crippen molar-refractivity contribution >= 4 is 10.9 Å². The van der Waals surface area contributed by atoms with Crippen molar-refractivity contribution < 1.29 is 0 Å². The third-order valence-corrected chi connectivity index (χ3v) is 3.28. The number of aromatic amines is 1. The van der Waals surface area contributed by atoms with Crippen LogP contribution < -0.4 is 5.32 Å². The molecule has 0 saturated heterocycles. The van der Waals surface area contributed by atoms with E-state index in [0.29, 0.717) is 0 Å². The quantitative estimate of drug-likeness (QED) is 0.685. The average Bonchev–Trinajstić information content (AvgIpc) is 2.88. The Morgan fingerprint density at radius 3 is 2.84 bits per heavy atom. The van der Waals surface area contributed by atoms with Crippen LogP contribution in [0.25, 0.3) is 10.9 Å². The highest BCUT2D eigenvalue weighted by atomic mass is 14.9. The summed E-state index contributed by atoms with van der Waals surface area (Å²) in [6, 6.07) is 14.4. The lowest BCUT2D eigenvalue weighted by atomic mass is 10.1. The van der Waals surface area contributed by atoms with Gasteiger partial charge in [0.15, 0.2) is 0 Å². The van der Waals surface area contributed by atoms with E-state index in [9.17, 15) is 0 Å². The van der Waals surface area contributed by atoms with Crippen molar-refractivity contribution in [2.45, 2.75) is 13.0 Å². The van der Waals surface area contributed by atoms with E-state index in [0.717, 1.165) is 25.2 Å². The Bertz CT molecular complexity index is 643. The molecule has 0 unspecified atom stereocenters. The third kappa shape index (κ3) is 2.83. The molecule has 3 heteroatoms. The van der Waals surface area contributed by atoms with E-state index < -0.39 is 0 Å². The Hall–Kier alpha value is -2.13. The summed E-state index contributed by atoms with van der Waals surface area (Å²) in [6.45, 7) is 1.78. The zero-order valence-electron chi connectivity index (χ0n) is 10.8. The molecule has 2 heterocycles. The first-order chi connectivity index (χ1) is 9.43. The molecule has 0 spiro atoms. The second-order valence-corrected chi connectivity index (χ2v) is 4.61. The van der Waals surface area contributed by atoms with E-state index in [4.69, 9.17) is 0 Å². The Morgan fingerprint density at radius 2 is 1.95 bits per heavy atom. The number of nitrogens with one attached hydrogen (secondary N) is 2. The summed E-state index contributed by atoms with van der Waals surface area (Å²) >= 11 is 0. The molecular formula is C16H17N3. The van der Waals surface area contributed by atoms with Gasteiger partial charge in [-0.25, -0.2) is 0 Å². The highest BCUT2D eigenvalue weighted by Crippen LogP contribution is 2.17. The van der Waals surface area contributed by atoms with Crippen molar-refractivity contribution in [1.29, 1.82) is 0 Å². The molecule has 96 valence electrons. The predicted molar refractivity (Wildman–Crippen MR) is 77.9 cm³/mol. The molecule has 0 saturated carbocycles. The number of pyridine rings is 1. The monoisotopic (exact) mass is 251 g/mol. The molecule has 0 atom stereocenters. The van der Waals surface area contributed by atoms with Crippen LogP contribution in [0.2, 0.25) is 0 Å². The molecule has 0 radical (unpaired) electrons. The lowest BCUT2D eigenvalue weighted by molar-refractivity contribution is 0.676. The van der Waals surface area contributed by atoms with Crippen LogP contribution in [-0.4, -0.2) is 16.5 Å². The van der Waals surface area contributed by atoms with Crippen LogP contribution in [0.3, 0.4) is 0 Å². The van der Waals surface area contributed by atoms with Gasteiger partial charge in [0.25, 0.3) is 0 Å². The van der Waals surface area contributed by atoms with E-state index in [1.54, 1.807) is 0 Å². The van der Waals surface area contributed by atoms with E-state index in [2.05, 4.69) is 45.7 Å². The number of hydrogen-bond donors (Lipinski definition) is 2. The lowest BCUT2D eigenvalue weighted by Crippen LogP contribution is -2.17. The molecule has 0 aliphatic carbocycles. The van der Waals surface area contributed by atoms with Crippen molar-refractivity contribution in [3.63, 3.8) is 0 Å². The number of para-hydroxylation sites is 1. The summed E-state index contributed by atoms with van der Waals surface area (Å²) in [5, 5.41) is 4.75. The summed E-state index contributed by atoms with van der Waals surface area (Å²) in [6.07, 6.45) is 4.96. The molecule has 3 aromatic rings. The van der Waals surface area contributed by atoms with Gasteiger partial charge in [-0.2, -0.15) is 0 Å². The molecule has 0 aliphatic heterocycles. The first kappa shape index (κ1) is 11.9. The fourth-order valence-electron chi connectivity index (χ4n) is 2.28. The normalized spacial score (nSPS) is 10.9. The maximum atomic E-state index is 4.29. The van der Waals surface area contributed by atoms with Gasteiger partial charge in [0.1, 0.15) is 0 Å². The fraction of sp³-hybridized carbons (Fsp3) is 0.188. The van der Waals surface area contributed by atoms with Gasteiger partial charge in [-0.1, -0.05) is 24.3 Å². The van der Waals surface area contributed by atoms with E-state index in [1.165, 1.54) is 16.5 Å². The first-order valence-corrected chi connectivity index (χ1v) is 6.59. The fourth-order valence-corrected chi connectivity index (χ4v) is 2.28. The van der Waals surface area contributed by atoms with Crippen LogP contribution in [0, 0.1) is 0 Å². The maximum absolute atomic E-state index is 4.29. The number of benzene rings is 1. The van der Waals surface area contributed by atoms with E-state index >= 15 is 0 Å². The maximum Gasteiger partial charge on any atom is 0.0541 e. The lowest BCUT2D eigenvalue weighted by Gasteiger charge is -2.03. The van der Waals surface area contributed by atoms with E-state index in [1.807, 2.05) is 24.4 Å². The van der Waals surface area contributed by atoms with Crippen LogP contribution in [0.1, 0.15) is 11.3 Å². The van der Waals surface area contributed by atoms with Gasteiger partial charge in [-0.15, -0.1) is 0 Å². The molecule has 3 nitrogen and oxygen atoms in total. The summed E-state index contributed by atoms with van der Waals surface area (Å²) in [7, 11) is 0. The summed E-state index contributed by atoms with van der Waals surface area (Å²) < 4.78 is 0. The van der Waals surface area contributed by atoms with Crippen molar-refractivity contribution in [2.24, 2.45) is 0 Å². The zero-order chi connectivity index (χ0) is 12.9. The van der Waals surface area contributed by atoms with Crippen LogP contribution in [0.5, 0.6) is 0 Å².